The SMILES string of the molecule is CC[C@@H](O)C(=O)N1CC2CC(N(C)c3ncnc4[nH]ccc34)C[C@@H]2C1. The summed E-state index contributed by atoms with van der Waals surface area (Å²) in [6, 6.07) is 2.44. The number of aromatic nitrogens is 3. The van der Waals surface area contributed by atoms with Gasteiger partial charge in [0.15, 0.2) is 0 Å². The second-order valence-corrected chi connectivity index (χ2v) is 7.36. The number of nitrogens with one attached hydrogen (secondary N) is 1. The number of rotatable bonds is 4. The molecule has 2 aromatic rings. The molecular weight excluding hydrogens is 318 g/mol. The number of carbonyl (C=O) groups excluding carboxylic acids is 1. The molecule has 134 valence electrons. The third-order valence-corrected chi connectivity index (χ3v) is 5.92. The fraction of sp³-hybridized carbons (Fsp3) is 0.611. The average molecular weight is 343 g/mol. The lowest BCUT2D eigenvalue weighted by Gasteiger charge is -2.28. The molecule has 3 heterocycles. The van der Waals surface area contributed by atoms with Gasteiger partial charge in [-0.15, -0.1) is 0 Å². The summed E-state index contributed by atoms with van der Waals surface area (Å²) in [5.74, 6) is 1.89. The first-order valence-corrected chi connectivity index (χ1v) is 9.06. The second kappa shape index (κ2) is 6.29. The summed E-state index contributed by atoms with van der Waals surface area (Å²) in [5, 5.41) is 10.8. The number of amides is 1. The van der Waals surface area contributed by atoms with E-state index in [-0.39, 0.29) is 5.91 Å². The van der Waals surface area contributed by atoms with Crippen LogP contribution in [-0.2, 0) is 4.79 Å². The molecule has 4 rings (SSSR count). The number of hydrogen-bond acceptors (Lipinski definition) is 5. The Hall–Kier alpha value is -2.15. The van der Waals surface area contributed by atoms with Gasteiger partial charge in [-0.25, -0.2) is 9.97 Å². The van der Waals surface area contributed by atoms with Gasteiger partial charge in [0.2, 0.25) is 0 Å². The third kappa shape index (κ3) is 2.76. The van der Waals surface area contributed by atoms with E-state index < -0.39 is 6.10 Å². The minimum absolute atomic E-state index is 0.105. The van der Waals surface area contributed by atoms with Crippen molar-refractivity contribution in [1.29, 1.82) is 0 Å². The lowest BCUT2D eigenvalue weighted by Crippen LogP contribution is -2.39. The third-order valence-electron chi connectivity index (χ3n) is 5.92. The van der Waals surface area contributed by atoms with Crippen LogP contribution in [0.5, 0.6) is 0 Å². The molecule has 1 amide bonds. The van der Waals surface area contributed by atoms with E-state index in [1.165, 1.54) is 0 Å². The maximum absolute atomic E-state index is 12.2. The molecule has 2 unspecified atom stereocenters. The van der Waals surface area contributed by atoms with E-state index in [1.54, 1.807) is 6.33 Å². The highest BCUT2D eigenvalue weighted by molar-refractivity contribution is 5.87. The van der Waals surface area contributed by atoms with Crippen molar-refractivity contribution in [3.8, 4) is 0 Å². The van der Waals surface area contributed by atoms with Crippen molar-refractivity contribution in [3.63, 3.8) is 0 Å². The van der Waals surface area contributed by atoms with E-state index in [9.17, 15) is 9.90 Å². The van der Waals surface area contributed by atoms with Gasteiger partial charge in [0.25, 0.3) is 5.91 Å². The van der Waals surface area contributed by atoms with Crippen LogP contribution >= 0.6 is 0 Å². The highest BCUT2D eigenvalue weighted by atomic mass is 16.3. The Morgan fingerprint density at radius 1 is 1.40 bits per heavy atom. The summed E-state index contributed by atoms with van der Waals surface area (Å²) in [7, 11) is 2.10. The van der Waals surface area contributed by atoms with Crippen LogP contribution in [-0.4, -0.2) is 63.1 Å². The van der Waals surface area contributed by atoms with Gasteiger partial charge < -0.3 is 19.9 Å². The standard InChI is InChI=1S/C18H25N5O2/c1-3-15(24)18(25)23-8-11-6-13(7-12(11)9-23)22(2)17-14-4-5-19-16(14)20-10-21-17/h4-5,10-13,15,24H,3,6-9H2,1-2H3,(H,19,20,21)/t11-,12?,13?,15-/m1/s1. The van der Waals surface area contributed by atoms with Crippen LogP contribution in [0.15, 0.2) is 18.6 Å². The molecule has 2 N–H and O–H groups in total. The maximum atomic E-state index is 12.2. The molecule has 1 aliphatic heterocycles. The second-order valence-electron chi connectivity index (χ2n) is 7.36. The molecule has 1 saturated heterocycles. The van der Waals surface area contributed by atoms with Crippen molar-refractivity contribution < 1.29 is 9.90 Å². The molecule has 7 nitrogen and oxygen atoms in total. The topological polar surface area (TPSA) is 85.3 Å². The smallest absolute Gasteiger partial charge is 0.251 e. The number of fused-ring (bicyclic) bond motifs is 2. The van der Waals surface area contributed by atoms with Crippen molar-refractivity contribution >= 4 is 22.8 Å². The Labute approximate surface area is 147 Å². The van der Waals surface area contributed by atoms with E-state index in [0.29, 0.717) is 24.3 Å². The van der Waals surface area contributed by atoms with Crippen LogP contribution in [0.1, 0.15) is 26.2 Å². The Balaban J connectivity index is 1.45. The van der Waals surface area contributed by atoms with Gasteiger partial charge in [-0.3, -0.25) is 4.79 Å². The number of aliphatic hydroxyl groups is 1. The fourth-order valence-corrected chi connectivity index (χ4v) is 4.46. The van der Waals surface area contributed by atoms with Crippen LogP contribution in [0.4, 0.5) is 5.82 Å². The van der Waals surface area contributed by atoms with E-state index in [0.717, 1.165) is 42.8 Å². The summed E-state index contributed by atoms with van der Waals surface area (Å²) in [6.45, 7) is 3.39. The number of hydrogen-bond donors (Lipinski definition) is 2. The van der Waals surface area contributed by atoms with Gasteiger partial charge in [0.1, 0.15) is 23.9 Å². The molecule has 25 heavy (non-hydrogen) atoms. The Bertz CT molecular complexity index is 762. The van der Waals surface area contributed by atoms with E-state index in [1.807, 2.05) is 24.1 Å². The van der Waals surface area contributed by atoms with Gasteiger partial charge in [0.05, 0.1) is 5.39 Å². The van der Waals surface area contributed by atoms with E-state index >= 15 is 0 Å². The van der Waals surface area contributed by atoms with Crippen molar-refractivity contribution in [3.05, 3.63) is 18.6 Å². The van der Waals surface area contributed by atoms with Gasteiger partial charge in [-0.1, -0.05) is 6.92 Å². The number of aromatic amines is 1. The Kier molecular flexibility index (Phi) is 4.11. The lowest BCUT2D eigenvalue weighted by atomic mass is 10.0. The summed E-state index contributed by atoms with van der Waals surface area (Å²) < 4.78 is 0. The highest BCUT2D eigenvalue weighted by Gasteiger charge is 2.44. The molecule has 1 aliphatic carbocycles. The van der Waals surface area contributed by atoms with Crippen LogP contribution in [0.2, 0.25) is 0 Å². The van der Waals surface area contributed by atoms with Crippen LogP contribution in [0.25, 0.3) is 11.0 Å². The molecular formula is C18H25N5O2. The monoisotopic (exact) mass is 343 g/mol. The minimum atomic E-state index is -0.847. The van der Waals surface area contributed by atoms with Gasteiger partial charge in [-0.05, 0) is 37.2 Å². The van der Waals surface area contributed by atoms with Crippen molar-refractivity contribution in [1.82, 2.24) is 19.9 Å². The van der Waals surface area contributed by atoms with Crippen molar-refractivity contribution in [2.45, 2.75) is 38.3 Å². The Morgan fingerprint density at radius 2 is 2.12 bits per heavy atom. The molecule has 7 heteroatoms. The largest absolute Gasteiger partial charge is 0.383 e. The normalized spacial score (nSPS) is 26.8. The van der Waals surface area contributed by atoms with Crippen LogP contribution in [0, 0.1) is 11.8 Å². The van der Waals surface area contributed by atoms with Gasteiger partial charge >= 0.3 is 0 Å². The molecule has 0 aromatic carbocycles. The van der Waals surface area contributed by atoms with Gasteiger partial charge in [-0.2, -0.15) is 0 Å². The number of H-pyrrole nitrogens is 1. The fourth-order valence-electron chi connectivity index (χ4n) is 4.46. The first-order chi connectivity index (χ1) is 12.1. The summed E-state index contributed by atoms with van der Waals surface area (Å²) in [4.78, 5) is 28.2. The molecule has 4 atom stereocenters. The minimum Gasteiger partial charge on any atom is -0.383 e. The molecule has 0 bridgehead atoms. The zero-order chi connectivity index (χ0) is 17.6. The molecule has 0 spiro atoms. The summed E-state index contributed by atoms with van der Waals surface area (Å²) in [6.07, 6.45) is 5.25. The van der Waals surface area contributed by atoms with Crippen molar-refractivity contribution in [2.75, 3.05) is 25.0 Å². The number of likely N-dealkylation sites (tertiary alicyclic amines) is 1. The van der Waals surface area contributed by atoms with Crippen LogP contribution < -0.4 is 4.90 Å². The molecule has 0 radical (unpaired) electrons. The van der Waals surface area contributed by atoms with Gasteiger partial charge in [0, 0.05) is 32.4 Å². The quantitative estimate of drug-likeness (QED) is 0.876. The summed E-state index contributed by atoms with van der Waals surface area (Å²) >= 11 is 0. The number of nitrogens with zero attached hydrogens (tertiary/aromatic N) is 4. The number of aliphatic hydroxyl groups excluding tert-OH is 1. The lowest BCUT2D eigenvalue weighted by molar-refractivity contribution is -0.139. The number of anilines is 1. The predicted octanol–water partition coefficient (Wildman–Crippen LogP) is 1.40. The van der Waals surface area contributed by atoms with E-state index in [2.05, 4.69) is 26.9 Å². The molecule has 2 aliphatic rings. The summed E-state index contributed by atoms with van der Waals surface area (Å²) in [5.41, 5.74) is 0.861. The first-order valence-electron chi connectivity index (χ1n) is 9.06. The molecule has 1 saturated carbocycles. The predicted molar refractivity (Wildman–Crippen MR) is 95.2 cm³/mol. The molecule has 2 aromatic heterocycles. The highest BCUT2D eigenvalue weighted by Crippen LogP contribution is 2.41. The maximum Gasteiger partial charge on any atom is 0.251 e. The first kappa shape index (κ1) is 16.3. The Morgan fingerprint density at radius 3 is 2.80 bits per heavy atom. The van der Waals surface area contributed by atoms with Crippen molar-refractivity contribution in [2.24, 2.45) is 11.8 Å². The van der Waals surface area contributed by atoms with Crippen LogP contribution in [0.3, 0.4) is 0 Å². The average Bonchev–Trinajstić information content (AvgIpc) is 3.32. The number of carbonyl (C=O) groups is 1. The molecule has 2 fully saturated rings. The van der Waals surface area contributed by atoms with E-state index in [4.69, 9.17) is 0 Å². The zero-order valence-electron chi connectivity index (χ0n) is 14.7. The zero-order valence-corrected chi connectivity index (χ0v) is 14.7.